The third kappa shape index (κ3) is 5.27. The highest BCUT2D eigenvalue weighted by Gasteiger charge is 2.27. The Morgan fingerprint density at radius 3 is 2.61 bits per heavy atom. The van der Waals surface area contributed by atoms with E-state index >= 15 is 0 Å². The summed E-state index contributed by atoms with van der Waals surface area (Å²) in [6.45, 7) is 14.4. The second kappa shape index (κ2) is 8.92. The highest BCUT2D eigenvalue weighted by molar-refractivity contribution is 4.84. The van der Waals surface area contributed by atoms with Gasteiger partial charge in [0.15, 0.2) is 0 Å². The lowest BCUT2D eigenvalue weighted by Crippen LogP contribution is -2.50. The molecular formula is C16H34N2. The van der Waals surface area contributed by atoms with Gasteiger partial charge in [-0.25, -0.2) is 0 Å². The first-order valence-electron chi connectivity index (χ1n) is 8.16. The lowest BCUT2D eigenvalue weighted by molar-refractivity contribution is 0.119. The molecule has 0 aromatic carbocycles. The van der Waals surface area contributed by atoms with E-state index in [1.165, 1.54) is 58.3 Å². The number of nitrogens with zero attached hydrogens (tertiary/aromatic N) is 1. The molecule has 1 saturated heterocycles. The molecule has 0 aliphatic carbocycles. The van der Waals surface area contributed by atoms with Crippen molar-refractivity contribution >= 4 is 0 Å². The quantitative estimate of drug-likeness (QED) is 0.713. The SMILES string of the molecule is CCCNC1CCN(CC(C)CCC)CC1CC. The van der Waals surface area contributed by atoms with Crippen LogP contribution in [0, 0.1) is 11.8 Å². The molecule has 108 valence electrons. The van der Waals surface area contributed by atoms with E-state index in [4.69, 9.17) is 0 Å². The van der Waals surface area contributed by atoms with Gasteiger partial charge in [-0.15, -0.1) is 0 Å². The zero-order valence-corrected chi connectivity index (χ0v) is 13.0. The van der Waals surface area contributed by atoms with Gasteiger partial charge in [0.1, 0.15) is 0 Å². The molecule has 1 aliphatic rings. The molecule has 1 fully saturated rings. The predicted octanol–water partition coefficient (Wildman–Crippen LogP) is 3.52. The number of piperidine rings is 1. The largest absolute Gasteiger partial charge is 0.314 e. The summed E-state index contributed by atoms with van der Waals surface area (Å²) in [5, 5.41) is 3.74. The molecule has 1 heterocycles. The molecule has 18 heavy (non-hydrogen) atoms. The van der Waals surface area contributed by atoms with E-state index in [9.17, 15) is 0 Å². The van der Waals surface area contributed by atoms with Crippen molar-refractivity contribution in [3.63, 3.8) is 0 Å². The lowest BCUT2D eigenvalue weighted by atomic mass is 9.89. The van der Waals surface area contributed by atoms with Gasteiger partial charge < -0.3 is 10.2 Å². The summed E-state index contributed by atoms with van der Waals surface area (Å²) >= 11 is 0. The molecule has 0 spiro atoms. The van der Waals surface area contributed by atoms with Crippen molar-refractivity contribution in [1.82, 2.24) is 10.2 Å². The van der Waals surface area contributed by atoms with Crippen molar-refractivity contribution in [3.8, 4) is 0 Å². The number of rotatable bonds is 8. The van der Waals surface area contributed by atoms with Crippen molar-refractivity contribution in [2.75, 3.05) is 26.2 Å². The first-order chi connectivity index (χ1) is 8.71. The van der Waals surface area contributed by atoms with Crippen molar-refractivity contribution in [2.45, 2.75) is 65.8 Å². The standard InChI is InChI=1S/C16H34N2/c1-5-8-14(4)12-18-11-9-16(17-10-6-2)15(7-3)13-18/h14-17H,5-13H2,1-4H3. The van der Waals surface area contributed by atoms with E-state index in [2.05, 4.69) is 37.9 Å². The highest BCUT2D eigenvalue weighted by atomic mass is 15.1. The normalized spacial score (nSPS) is 27.3. The molecular weight excluding hydrogens is 220 g/mol. The Kier molecular flexibility index (Phi) is 7.92. The number of hydrogen-bond acceptors (Lipinski definition) is 2. The van der Waals surface area contributed by atoms with Gasteiger partial charge in [-0.3, -0.25) is 0 Å². The molecule has 3 atom stereocenters. The minimum Gasteiger partial charge on any atom is -0.314 e. The van der Waals surface area contributed by atoms with Crippen molar-refractivity contribution in [2.24, 2.45) is 11.8 Å². The highest BCUT2D eigenvalue weighted by Crippen LogP contribution is 2.21. The first kappa shape index (κ1) is 16.0. The van der Waals surface area contributed by atoms with Gasteiger partial charge in [0, 0.05) is 19.1 Å². The van der Waals surface area contributed by atoms with Gasteiger partial charge >= 0.3 is 0 Å². The molecule has 0 saturated carbocycles. The molecule has 0 amide bonds. The van der Waals surface area contributed by atoms with E-state index in [0.29, 0.717) is 0 Å². The zero-order valence-electron chi connectivity index (χ0n) is 13.0. The topological polar surface area (TPSA) is 15.3 Å². The maximum absolute atomic E-state index is 3.74. The van der Waals surface area contributed by atoms with E-state index < -0.39 is 0 Å². The van der Waals surface area contributed by atoms with Crippen LogP contribution in [-0.2, 0) is 0 Å². The van der Waals surface area contributed by atoms with E-state index in [1.807, 2.05) is 0 Å². The van der Waals surface area contributed by atoms with Crippen LogP contribution in [0.25, 0.3) is 0 Å². The third-order valence-corrected chi connectivity index (χ3v) is 4.35. The molecule has 1 aliphatic heterocycles. The van der Waals surface area contributed by atoms with E-state index in [1.54, 1.807) is 0 Å². The Hall–Kier alpha value is -0.0800. The monoisotopic (exact) mass is 254 g/mol. The summed E-state index contributed by atoms with van der Waals surface area (Å²) < 4.78 is 0. The average Bonchev–Trinajstić information content (AvgIpc) is 2.37. The van der Waals surface area contributed by atoms with Crippen LogP contribution >= 0.6 is 0 Å². The Labute approximate surface area is 115 Å². The fourth-order valence-electron chi connectivity index (χ4n) is 3.31. The molecule has 0 bridgehead atoms. The molecule has 2 heteroatoms. The zero-order chi connectivity index (χ0) is 13.4. The van der Waals surface area contributed by atoms with Crippen LogP contribution in [0.5, 0.6) is 0 Å². The molecule has 3 unspecified atom stereocenters. The molecule has 0 radical (unpaired) electrons. The maximum atomic E-state index is 3.74. The minimum atomic E-state index is 0.771. The van der Waals surface area contributed by atoms with Crippen LogP contribution in [0.15, 0.2) is 0 Å². The summed E-state index contributed by atoms with van der Waals surface area (Å²) in [6.07, 6.45) is 6.62. The molecule has 0 aromatic rings. The van der Waals surface area contributed by atoms with Gasteiger partial charge in [0.2, 0.25) is 0 Å². The van der Waals surface area contributed by atoms with Crippen molar-refractivity contribution < 1.29 is 0 Å². The average molecular weight is 254 g/mol. The van der Waals surface area contributed by atoms with Crippen molar-refractivity contribution in [3.05, 3.63) is 0 Å². The third-order valence-electron chi connectivity index (χ3n) is 4.35. The van der Waals surface area contributed by atoms with E-state index in [0.717, 1.165) is 17.9 Å². The van der Waals surface area contributed by atoms with Gasteiger partial charge in [0.05, 0.1) is 0 Å². The summed E-state index contributed by atoms with van der Waals surface area (Å²) in [4.78, 5) is 2.71. The van der Waals surface area contributed by atoms with Gasteiger partial charge in [-0.1, -0.05) is 40.5 Å². The second-order valence-corrected chi connectivity index (χ2v) is 6.17. The Morgan fingerprint density at radius 1 is 1.22 bits per heavy atom. The Bertz CT molecular complexity index is 205. The Balaban J connectivity index is 2.35. The van der Waals surface area contributed by atoms with Crippen LogP contribution in [-0.4, -0.2) is 37.1 Å². The smallest absolute Gasteiger partial charge is 0.0120 e. The van der Waals surface area contributed by atoms with Gasteiger partial charge in [0.25, 0.3) is 0 Å². The van der Waals surface area contributed by atoms with Crippen LogP contribution < -0.4 is 5.32 Å². The number of nitrogens with one attached hydrogen (secondary N) is 1. The van der Waals surface area contributed by atoms with Gasteiger partial charge in [-0.2, -0.15) is 0 Å². The lowest BCUT2D eigenvalue weighted by Gasteiger charge is -2.39. The van der Waals surface area contributed by atoms with E-state index in [-0.39, 0.29) is 0 Å². The minimum absolute atomic E-state index is 0.771. The van der Waals surface area contributed by atoms with Crippen LogP contribution in [0.3, 0.4) is 0 Å². The fraction of sp³-hybridized carbons (Fsp3) is 1.00. The maximum Gasteiger partial charge on any atom is 0.0120 e. The van der Waals surface area contributed by atoms with Crippen LogP contribution in [0.1, 0.15) is 59.8 Å². The molecule has 0 aromatic heterocycles. The summed E-state index contributed by atoms with van der Waals surface area (Å²) in [6, 6.07) is 0.771. The summed E-state index contributed by atoms with van der Waals surface area (Å²) in [5.74, 6) is 1.73. The fourth-order valence-corrected chi connectivity index (χ4v) is 3.31. The summed E-state index contributed by atoms with van der Waals surface area (Å²) in [7, 11) is 0. The van der Waals surface area contributed by atoms with Crippen molar-refractivity contribution in [1.29, 1.82) is 0 Å². The van der Waals surface area contributed by atoms with Crippen LogP contribution in [0.2, 0.25) is 0 Å². The first-order valence-corrected chi connectivity index (χ1v) is 8.16. The summed E-state index contributed by atoms with van der Waals surface area (Å²) in [5.41, 5.74) is 0. The molecule has 2 nitrogen and oxygen atoms in total. The number of hydrogen-bond donors (Lipinski definition) is 1. The molecule has 1 N–H and O–H groups in total. The van der Waals surface area contributed by atoms with Gasteiger partial charge in [-0.05, 0) is 44.2 Å². The predicted molar refractivity (Wildman–Crippen MR) is 81.0 cm³/mol. The Morgan fingerprint density at radius 2 is 2.00 bits per heavy atom. The second-order valence-electron chi connectivity index (χ2n) is 6.17. The number of likely N-dealkylation sites (tertiary alicyclic amines) is 1. The van der Waals surface area contributed by atoms with Crippen LogP contribution in [0.4, 0.5) is 0 Å². The molecule has 1 rings (SSSR count).